The molecule has 0 aromatic heterocycles. The Morgan fingerprint density at radius 1 is 0.957 bits per heavy atom. The molecule has 4 bridgehead atoms. The Balaban J connectivity index is 1.77. The molecule has 2 unspecified atom stereocenters. The first kappa shape index (κ1) is 16.0. The maximum absolute atomic E-state index is 6.72. The average Bonchev–Trinajstić information content (AvgIpc) is 2.32. The van der Waals surface area contributed by atoms with E-state index in [1.165, 1.54) is 49.7 Å². The molecule has 126 valence electrons. The number of halogens is 1. The molecule has 1 aromatic carbocycles. The lowest BCUT2D eigenvalue weighted by Crippen LogP contribution is -2.56. The first-order chi connectivity index (χ1) is 10.5. The van der Waals surface area contributed by atoms with Crippen LogP contribution in [0.4, 0.5) is 0 Å². The highest BCUT2D eigenvalue weighted by Gasteiger charge is 2.60. The largest absolute Gasteiger partial charge is 0.0840 e. The molecule has 1 aromatic rings. The van der Waals surface area contributed by atoms with Crippen molar-refractivity contribution in [3.05, 3.63) is 34.3 Å². The predicted molar refractivity (Wildman–Crippen MR) is 99.2 cm³/mol. The van der Waals surface area contributed by atoms with Gasteiger partial charge in [0, 0.05) is 5.02 Å². The van der Waals surface area contributed by atoms with Crippen LogP contribution in [0.2, 0.25) is 5.02 Å². The summed E-state index contributed by atoms with van der Waals surface area (Å²) >= 11 is 6.72. The molecule has 0 heterocycles. The SMILES string of the molecule is CC12CC3CC(C)(C1)CC(c1ccc(C(C)(C)C)c(Cl)c1)(C3)C2. The van der Waals surface area contributed by atoms with Gasteiger partial charge in [0.2, 0.25) is 0 Å². The van der Waals surface area contributed by atoms with Gasteiger partial charge in [-0.1, -0.05) is 58.4 Å². The van der Waals surface area contributed by atoms with Gasteiger partial charge in [0.15, 0.2) is 0 Å². The standard InChI is InChI=1S/C22H31Cl/c1-19(2,3)17-7-6-16(8-18(17)23)22-11-15-9-20(4,13-22)12-21(5,10-15)14-22/h6-8,15H,9-14H2,1-5H3. The van der Waals surface area contributed by atoms with Crippen molar-refractivity contribution in [2.75, 3.05) is 0 Å². The van der Waals surface area contributed by atoms with Crippen LogP contribution in [-0.4, -0.2) is 0 Å². The quantitative estimate of drug-likeness (QED) is 0.526. The van der Waals surface area contributed by atoms with E-state index < -0.39 is 0 Å². The van der Waals surface area contributed by atoms with Crippen LogP contribution in [0.5, 0.6) is 0 Å². The van der Waals surface area contributed by atoms with Crippen LogP contribution in [0.25, 0.3) is 0 Å². The monoisotopic (exact) mass is 330 g/mol. The van der Waals surface area contributed by atoms with Gasteiger partial charge in [0.05, 0.1) is 0 Å². The Morgan fingerprint density at radius 3 is 2.04 bits per heavy atom. The summed E-state index contributed by atoms with van der Waals surface area (Å²) in [6, 6.07) is 7.04. The minimum Gasteiger partial charge on any atom is -0.0840 e. The van der Waals surface area contributed by atoms with Crippen molar-refractivity contribution in [2.24, 2.45) is 16.7 Å². The Morgan fingerprint density at radius 2 is 1.57 bits per heavy atom. The Hall–Kier alpha value is -0.490. The van der Waals surface area contributed by atoms with E-state index in [2.05, 4.69) is 52.8 Å². The van der Waals surface area contributed by atoms with Crippen LogP contribution in [0.1, 0.15) is 84.3 Å². The Bertz CT molecular complexity index is 632. The molecule has 0 nitrogen and oxygen atoms in total. The third-order valence-corrected chi connectivity index (χ3v) is 7.33. The van der Waals surface area contributed by atoms with E-state index in [4.69, 9.17) is 11.6 Å². The van der Waals surface area contributed by atoms with Gasteiger partial charge in [-0.25, -0.2) is 0 Å². The van der Waals surface area contributed by atoms with Crippen molar-refractivity contribution < 1.29 is 0 Å². The van der Waals surface area contributed by atoms with Gasteiger partial charge in [-0.15, -0.1) is 0 Å². The second kappa shape index (κ2) is 4.57. The molecule has 0 N–H and O–H groups in total. The minimum atomic E-state index is 0.120. The summed E-state index contributed by atoms with van der Waals surface area (Å²) in [4.78, 5) is 0. The van der Waals surface area contributed by atoms with E-state index in [0.717, 1.165) is 10.9 Å². The molecule has 0 spiro atoms. The second-order valence-electron chi connectivity index (χ2n) is 10.9. The fourth-order valence-corrected chi connectivity index (χ4v) is 7.69. The van der Waals surface area contributed by atoms with Crippen LogP contribution in [-0.2, 0) is 10.8 Å². The van der Waals surface area contributed by atoms with Gasteiger partial charge in [0.25, 0.3) is 0 Å². The van der Waals surface area contributed by atoms with E-state index in [1.807, 2.05) is 0 Å². The van der Waals surface area contributed by atoms with Crippen molar-refractivity contribution in [3.63, 3.8) is 0 Å². The van der Waals surface area contributed by atoms with E-state index in [1.54, 1.807) is 0 Å². The molecule has 0 amide bonds. The summed E-state index contributed by atoms with van der Waals surface area (Å²) in [7, 11) is 0. The van der Waals surface area contributed by atoms with E-state index >= 15 is 0 Å². The molecule has 4 saturated carbocycles. The lowest BCUT2D eigenvalue weighted by atomic mass is 9.39. The van der Waals surface area contributed by atoms with Crippen LogP contribution in [0, 0.1) is 16.7 Å². The van der Waals surface area contributed by atoms with Crippen LogP contribution in [0.3, 0.4) is 0 Å². The number of hydrogen-bond donors (Lipinski definition) is 0. The molecule has 4 aliphatic carbocycles. The summed E-state index contributed by atoms with van der Waals surface area (Å²) in [5, 5.41) is 0.973. The second-order valence-corrected chi connectivity index (χ2v) is 11.3. The van der Waals surface area contributed by atoms with Crippen LogP contribution in [0.15, 0.2) is 18.2 Å². The molecule has 23 heavy (non-hydrogen) atoms. The van der Waals surface area contributed by atoms with Gasteiger partial charge < -0.3 is 0 Å². The number of rotatable bonds is 1. The highest BCUT2D eigenvalue weighted by atomic mass is 35.5. The minimum absolute atomic E-state index is 0.120. The summed E-state index contributed by atoms with van der Waals surface area (Å²) in [5.74, 6) is 0.933. The Labute approximate surface area is 147 Å². The molecule has 4 aliphatic rings. The number of benzene rings is 1. The van der Waals surface area contributed by atoms with E-state index in [9.17, 15) is 0 Å². The highest BCUT2D eigenvalue weighted by Crippen LogP contribution is 2.69. The smallest absolute Gasteiger partial charge is 0.0446 e. The third kappa shape index (κ3) is 2.48. The third-order valence-electron chi connectivity index (χ3n) is 7.02. The molecule has 4 fully saturated rings. The van der Waals surface area contributed by atoms with Crippen molar-refractivity contribution in [1.29, 1.82) is 0 Å². The van der Waals surface area contributed by atoms with Crippen molar-refractivity contribution in [1.82, 2.24) is 0 Å². The fourth-order valence-electron chi connectivity index (χ4n) is 7.22. The van der Waals surface area contributed by atoms with Crippen molar-refractivity contribution in [2.45, 2.75) is 84.0 Å². The molecule has 0 saturated heterocycles. The molecular weight excluding hydrogens is 300 g/mol. The Kier molecular flexibility index (Phi) is 3.18. The maximum Gasteiger partial charge on any atom is 0.0446 e. The zero-order chi connectivity index (χ0) is 16.7. The summed E-state index contributed by atoms with van der Waals surface area (Å²) in [6.07, 6.45) is 8.49. The van der Waals surface area contributed by atoms with Gasteiger partial charge in [0.1, 0.15) is 0 Å². The van der Waals surface area contributed by atoms with Gasteiger partial charge in [-0.05, 0) is 83.3 Å². The topological polar surface area (TPSA) is 0 Å². The predicted octanol–water partition coefficient (Wildman–Crippen LogP) is 6.89. The van der Waals surface area contributed by atoms with Crippen molar-refractivity contribution in [3.8, 4) is 0 Å². The summed E-state index contributed by atoms with van der Waals surface area (Å²) in [5.41, 5.74) is 4.44. The van der Waals surface area contributed by atoms with Crippen LogP contribution < -0.4 is 0 Å². The normalized spacial score (nSPS) is 42.3. The first-order valence-electron chi connectivity index (χ1n) is 9.33. The van der Waals surface area contributed by atoms with Crippen molar-refractivity contribution >= 4 is 11.6 Å². The fraction of sp³-hybridized carbons (Fsp3) is 0.727. The molecule has 0 aliphatic heterocycles. The molecule has 1 heteroatoms. The molecule has 0 radical (unpaired) electrons. The van der Waals surface area contributed by atoms with Gasteiger partial charge >= 0.3 is 0 Å². The maximum atomic E-state index is 6.72. The lowest BCUT2D eigenvalue weighted by molar-refractivity contribution is -0.110. The zero-order valence-electron chi connectivity index (χ0n) is 15.4. The van der Waals surface area contributed by atoms with E-state index in [-0.39, 0.29) is 5.41 Å². The number of hydrogen-bond acceptors (Lipinski definition) is 0. The van der Waals surface area contributed by atoms with Gasteiger partial charge in [-0.3, -0.25) is 0 Å². The highest BCUT2D eigenvalue weighted by molar-refractivity contribution is 6.31. The van der Waals surface area contributed by atoms with E-state index in [0.29, 0.717) is 16.2 Å². The molecule has 5 rings (SSSR count). The zero-order valence-corrected chi connectivity index (χ0v) is 16.2. The molecule has 2 atom stereocenters. The first-order valence-corrected chi connectivity index (χ1v) is 9.71. The summed E-state index contributed by atoms with van der Waals surface area (Å²) < 4.78 is 0. The average molecular weight is 331 g/mol. The summed E-state index contributed by atoms with van der Waals surface area (Å²) in [6.45, 7) is 11.9. The van der Waals surface area contributed by atoms with Gasteiger partial charge in [-0.2, -0.15) is 0 Å². The van der Waals surface area contributed by atoms with Crippen LogP contribution >= 0.6 is 11.6 Å². The lowest BCUT2D eigenvalue weighted by Gasteiger charge is -2.65. The molecular formula is C22H31Cl.